The van der Waals surface area contributed by atoms with E-state index in [1.165, 1.54) is 51.4 Å². The molecular formula is C23H30N2O2. The van der Waals surface area contributed by atoms with Crippen molar-refractivity contribution in [3.8, 4) is 0 Å². The first-order valence-corrected chi connectivity index (χ1v) is 10.9. The molecule has 4 nitrogen and oxygen atoms in total. The molecule has 144 valence electrons. The fourth-order valence-electron chi connectivity index (χ4n) is 6.04. The number of fused-ring (bicyclic) bond motifs is 2. The van der Waals surface area contributed by atoms with E-state index in [0.29, 0.717) is 23.7 Å². The van der Waals surface area contributed by atoms with Gasteiger partial charge in [-0.05, 0) is 74.0 Å². The van der Waals surface area contributed by atoms with Crippen molar-refractivity contribution in [1.82, 2.24) is 0 Å². The molecule has 4 fully saturated rings. The number of rotatable bonds is 4. The van der Waals surface area contributed by atoms with Crippen LogP contribution in [0.3, 0.4) is 0 Å². The number of hydrogen-bond acceptors (Lipinski definition) is 2. The van der Waals surface area contributed by atoms with Crippen LogP contribution in [0.15, 0.2) is 18.2 Å². The molecule has 4 aliphatic carbocycles. The minimum Gasteiger partial charge on any atom is -0.326 e. The molecule has 1 aromatic carbocycles. The average Bonchev–Trinajstić information content (AvgIpc) is 3.56. The molecule has 4 saturated carbocycles. The van der Waals surface area contributed by atoms with Gasteiger partial charge in [0, 0.05) is 23.2 Å². The van der Waals surface area contributed by atoms with Crippen molar-refractivity contribution in [2.24, 2.45) is 35.5 Å². The van der Waals surface area contributed by atoms with Crippen molar-refractivity contribution >= 4 is 23.2 Å². The molecule has 4 heteroatoms. The Bertz CT molecular complexity index is 750. The van der Waals surface area contributed by atoms with E-state index in [1.807, 2.05) is 25.1 Å². The van der Waals surface area contributed by atoms with Gasteiger partial charge in [-0.2, -0.15) is 0 Å². The summed E-state index contributed by atoms with van der Waals surface area (Å²) in [5, 5.41) is 6.25. The van der Waals surface area contributed by atoms with Gasteiger partial charge in [-0.25, -0.2) is 0 Å². The minimum atomic E-state index is 0.168. The maximum Gasteiger partial charge on any atom is 0.228 e. The molecule has 0 saturated heterocycles. The number of nitrogens with one attached hydrogen (secondary N) is 2. The summed E-state index contributed by atoms with van der Waals surface area (Å²) in [4.78, 5) is 25.4. The number of carbonyl (C=O) groups is 2. The van der Waals surface area contributed by atoms with Crippen LogP contribution in [0.4, 0.5) is 11.4 Å². The van der Waals surface area contributed by atoms with Crippen LogP contribution in [0, 0.1) is 42.4 Å². The quantitative estimate of drug-likeness (QED) is 0.808. The van der Waals surface area contributed by atoms with Crippen molar-refractivity contribution in [2.45, 2.75) is 58.3 Å². The lowest BCUT2D eigenvalue weighted by molar-refractivity contribution is -0.118. The fourth-order valence-corrected chi connectivity index (χ4v) is 6.04. The normalized spacial score (nSPS) is 36.2. The SMILES string of the molecule is Cc1ccc(NC(=O)C2C3CCCCC32)cc1NC(=O)C1C2CCCCC21. The Labute approximate surface area is 161 Å². The molecule has 4 aliphatic rings. The first-order valence-electron chi connectivity index (χ1n) is 10.9. The molecule has 0 bridgehead atoms. The Balaban J connectivity index is 1.23. The molecule has 0 heterocycles. The van der Waals surface area contributed by atoms with Crippen molar-refractivity contribution in [2.75, 3.05) is 10.6 Å². The highest BCUT2D eigenvalue weighted by Gasteiger charge is 2.55. The Morgan fingerprint density at radius 3 is 1.78 bits per heavy atom. The Hall–Kier alpha value is -1.84. The van der Waals surface area contributed by atoms with Crippen LogP contribution in [0.5, 0.6) is 0 Å². The summed E-state index contributed by atoms with van der Waals surface area (Å²) < 4.78 is 0. The minimum absolute atomic E-state index is 0.168. The Morgan fingerprint density at radius 2 is 1.26 bits per heavy atom. The molecule has 1 aromatic rings. The third kappa shape index (κ3) is 3.17. The summed E-state index contributed by atoms with van der Waals surface area (Å²) in [6, 6.07) is 5.88. The number of anilines is 2. The number of hydrogen-bond donors (Lipinski definition) is 2. The lowest BCUT2D eigenvalue weighted by Crippen LogP contribution is -2.18. The second-order valence-corrected chi connectivity index (χ2v) is 9.28. The van der Waals surface area contributed by atoms with Gasteiger partial charge in [0.05, 0.1) is 0 Å². The Kier molecular flexibility index (Phi) is 4.25. The van der Waals surface area contributed by atoms with Gasteiger partial charge in [-0.3, -0.25) is 9.59 Å². The van der Waals surface area contributed by atoms with Gasteiger partial charge in [0.15, 0.2) is 0 Å². The third-order valence-electron chi connectivity index (χ3n) is 7.68. The highest BCUT2D eigenvalue weighted by Crippen LogP contribution is 2.56. The number of carbonyl (C=O) groups excluding carboxylic acids is 2. The zero-order valence-electron chi connectivity index (χ0n) is 16.2. The molecule has 4 unspecified atom stereocenters. The molecule has 0 aliphatic heterocycles. The number of aryl methyl sites for hydroxylation is 1. The molecule has 2 N–H and O–H groups in total. The van der Waals surface area contributed by atoms with E-state index in [9.17, 15) is 9.59 Å². The van der Waals surface area contributed by atoms with Gasteiger partial charge < -0.3 is 10.6 Å². The van der Waals surface area contributed by atoms with Crippen molar-refractivity contribution < 1.29 is 9.59 Å². The summed E-state index contributed by atoms with van der Waals surface area (Å²) in [6.45, 7) is 2.01. The number of benzene rings is 1. The van der Waals surface area contributed by atoms with Gasteiger partial charge >= 0.3 is 0 Å². The zero-order chi connectivity index (χ0) is 18.5. The molecule has 0 spiro atoms. The first kappa shape index (κ1) is 17.3. The monoisotopic (exact) mass is 366 g/mol. The van der Waals surface area contributed by atoms with E-state index in [2.05, 4.69) is 10.6 Å². The molecular weight excluding hydrogens is 336 g/mol. The topological polar surface area (TPSA) is 58.2 Å². The maximum atomic E-state index is 12.7. The van der Waals surface area contributed by atoms with Gasteiger partial charge in [0.1, 0.15) is 0 Å². The van der Waals surface area contributed by atoms with Crippen LogP contribution < -0.4 is 10.6 Å². The second kappa shape index (κ2) is 6.65. The highest BCUT2D eigenvalue weighted by atomic mass is 16.2. The largest absolute Gasteiger partial charge is 0.326 e. The number of amides is 2. The van der Waals surface area contributed by atoms with Crippen molar-refractivity contribution in [3.63, 3.8) is 0 Å². The van der Waals surface area contributed by atoms with E-state index in [1.54, 1.807) is 0 Å². The molecule has 0 aromatic heterocycles. The van der Waals surface area contributed by atoms with E-state index < -0.39 is 0 Å². The zero-order valence-corrected chi connectivity index (χ0v) is 16.2. The van der Waals surface area contributed by atoms with E-state index >= 15 is 0 Å². The summed E-state index contributed by atoms with van der Waals surface area (Å²) in [6.07, 6.45) is 9.93. The molecule has 4 atom stereocenters. The smallest absolute Gasteiger partial charge is 0.228 e. The molecule has 5 rings (SSSR count). The van der Waals surface area contributed by atoms with E-state index in [4.69, 9.17) is 0 Å². The second-order valence-electron chi connectivity index (χ2n) is 9.28. The van der Waals surface area contributed by atoms with Gasteiger partial charge in [0.2, 0.25) is 11.8 Å². The van der Waals surface area contributed by atoms with Crippen molar-refractivity contribution in [3.05, 3.63) is 23.8 Å². The fraction of sp³-hybridized carbons (Fsp3) is 0.652. The molecule has 27 heavy (non-hydrogen) atoms. The molecule has 0 radical (unpaired) electrons. The maximum absolute atomic E-state index is 12.7. The van der Waals surface area contributed by atoms with Gasteiger partial charge in [0.25, 0.3) is 0 Å². The third-order valence-corrected chi connectivity index (χ3v) is 7.68. The van der Waals surface area contributed by atoms with E-state index in [-0.39, 0.29) is 23.7 Å². The predicted molar refractivity (Wildman–Crippen MR) is 106 cm³/mol. The van der Waals surface area contributed by atoms with Gasteiger partial charge in [-0.15, -0.1) is 0 Å². The lowest BCUT2D eigenvalue weighted by atomic mass is 10.0. The van der Waals surface area contributed by atoms with E-state index in [0.717, 1.165) is 16.9 Å². The summed E-state index contributed by atoms with van der Waals surface area (Å²) >= 11 is 0. The van der Waals surface area contributed by atoms with Crippen LogP contribution in [0.25, 0.3) is 0 Å². The predicted octanol–water partition coefficient (Wildman–Crippen LogP) is 4.74. The van der Waals surface area contributed by atoms with Crippen molar-refractivity contribution in [1.29, 1.82) is 0 Å². The van der Waals surface area contributed by atoms with Crippen LogP contribution in [0.2, 0.25) is 0 Å². The summed E-state index contributed by atoms with van der Waals surface area (Å²) in [7, 11) is 0. The van der Waals surface area contributed by atoms with Crippen LogP contribution in [0.1, 0.15) is 56.9 Å². The van der Waals surface area contributed by atoms with Gasteiger partial charge in [-0.1, -0.05) is 31.7 Å². The standard InChI is InChI=1S/C23H30N2O2/c1-13-10-11-14(24-22(26)20-15-6-2-3-7-16(15)20)12-19(13)25-23(27)21-17-8-4-5-9-18(17)21/h10-12,15-18,20-21H,2-9H2,1H3,(H,24,26)(H,25,27). The first-order chi connectivity index (χ1) is 13.1. The van der Waals surface area contributed by atoms with Crippen LogP contribution in [-0.4, -0.2) is 11.8 Å². The van der Waals surface area contributed by atoms with Crippen LogP contribution in [-0.2, 0) is 9.59 Å². The lowest BCUT2D eigenvalue weighted by Gasteiger charge is -2.12. The highest BCUT2D eigenvalue weighted by molar-refractivity contribution is 5.98. The van der Waals surface area contributed by atoms with Crippen LogP contribution >= 0.6 is 0 Å². The average molecular weight is 367 g/mol. The summed E-state index contributed by atoms with van der Waals surface area (Å²) in [5.41, 5.74) is 2.69. The molecule has 2 amide bonds. The summed E-state index contributed by atoms with van der Waals surface area (Å²) in [5.74, 6) is 3.21. The Morgan fingerprint density at radius 1 is 0.778 bits per heavy atom.